The van der Waals surface area contributed by atoms with Crippen LogP contribution in [0.1, 0.15) is 36.8 Å². The predicted molar refractivity (Wildman–Crippen MR) is 67.5 cm³/mol. The van der Waals surface area contributed by atoms with Crippen LogP contribution >= 0.6 is 0 Å². The fourth-order valence-electron chi connectivity index (χ4n) is 1.78. The van der Waals surface area contributed by atoms with Crippen molar-refractivity contribution in [2.45, 2.75) is 39.8 Å². The first-order chi connectivity index (χ1) is 7.67. The van der Waals surface area contributed by atoms with Crippen LogP contribution in [0.5, 0.6) is 0 Å². The second kappa shape index (κ2) is 6.71. The van der Waals surface area contributed by atoms with E-state index in [-0.39, 0.29) is 0 Å². The van der Waals surface area contributed by atoms with E-state index in [9.17, 15) is 0 Å². The SMILES string of the molecule is CCCCN(C)Cc1cc(C)c(CNC)o1. The predicted octanol–water partition coefficient (Wildman–Crippen LogP) is 2.54. The second-order valence-corrected chi connectivity index (χ2v) is 4.44. The van der Waals surface area contributed by atoms with Crippen LogP contribution in [0.2, 0.25) is 0 Å². The van der Waals surface area contributed by atoms with E-state index in [1.807, 2.05) is 7.05 Å². The van der Waals surface area contributed by atoms with Crippen molar-refractivity contribution in [2.75, 3.05) is 20.6 Å². The normalized spacial score (nSPS) is 11.3. The summed E-state index contributed by atoms with van der Waals surface area (Å²) in [5.74, 6) is 2.13. The van der Waals surface area contributed by atoms with Crippen LogP contribution in [0, 0.1) is 6.92 Å². The lowest BCUT2D eigenvalue weighted by Gasteiger charge is -2.13. The van der Waals surface area contributed by atoms with Gasteiger partial charge in [-0.2, -0.15) is 0 Å². The molecule has 0 saturated heterocycles. The van der Waals surface area contributed by atoms with Gasteiger partial charge in [0.15, 0.2) is 0 Å². The third-order valence-corrected chi connectivity index (χ3v) is 2.73. The number of nitrogens with one attached hydrogen (secondary N) is 1. The highest BCUT2D eigenvalue weighted by atomic mass is 16.3. The third-order valence-electron chi connectivity index (χ3n) is 2.73. The second-order valence-electron chi connectivity index (χ2n) is 4.44. The first-order valence-electron chi connectivity index (χ1n) is 6.08. The number of furan rings is 1. The molecule has 3 heteroatoms. The zero-order valence-corrected chi connectivity index (χ0v) is 11.0. The molecule has 0 amide bonds. The topological polar surface area (TPSA) is 28.4 Å². The quantitative estimate of drug-likeness (QED) is 0.771. The first kappa shape index (κ1) is 13.3. The molecular formula is C13H24N2O. The fourth-order valence-corrected chi connectivity index (χ4v) is 1.78. The van der Waals surface area contributed by atoms with Crippen molar-refractivity contribution in [3.63, 3.8) is 0 Å². The number of nitrogens with zero attached hydrogens (tertiary/aromatic N) is 1. The minimum atomic E-state index is 0.810. The van der Waals surface area contributed by atoms with Gasteiger partial charge in [-0.15, -0.1) is 0 Å². The van der Waals surface area contributed by atoms with Crippen molar-refractivity contribution in [3.05, 3.63) is 23.2 Å². The van der Waals surface area contributed by atoms with E-state index in [4.69, 9.17) is 4.42 Å². The molecule has 0 fully saturated rings. The molecule has 0 spiro atoms. The summed E-state index contributed by atoms with van der Waals surface area (Å²) in [6.07, 6.45) is 2.49. The van der Waals surface area contributed by atoms with Crippen LogP contribution in [0.15, 0.2) is 10.5 Å². The lowest BCUT2D eigenvalue weighted by molar-refractivity contribution is 0.286. The number of hydrogen-bond donors (Lipinski definition) is 1. The summed E-state index contributed by atoms with van der Waals surface area (Å²) in [7, 11) is 4.08. The summed E-state index contributed by atoms with van der Waals surface area (Å²) in [5, 5.41) is 3.12. The summed E-state index contributed by atoms with van der Waals surface area (Å²) in [6, 6.07) is 2.15. The van der Waals surface area contributed by atoms with E-state index in [2.05, 4.69) is 37.2 Å². The molecule has 0 bridgehead atoms. The van der Waals surface area contributed by atoms with E-state index < -0.39 is 0 Å². The highest BCUT2D eigenvalue weighted by Crippen LogP contribution is 2.15. The van der Waals surface area contributed by atoms with Crippen molar-refractivity contribution in [3.8, 4) is 0 Å². The minimum absolute atomic E-state index is 0.810. The van der Waals surface area contributed by atoms with Crippen LogP contribution in [0.4, 0.5) is 0 Å². The molecule has 0 aliphatic rings. The van der Waals surface area contributed by atoms with Gasteiger partial charge in [0.1, 0.15) is 11.5 Å². The van der Waals surface area contributed by atoms with E-state index >= 15 is 0 Å². The van der Waals surface area contributed by atoms with Gasteiger partial charge in [0.2, 0.25) is 0 Å². The van der Waals surface area contributed by atoms with E-state index in [0.717, 1.165) is 31.2 Å². The molecule has 3 nitrogen and oxygen atoms in total. The van der Waals surface area contributed by atoms with Crippen molar-refractivity contribution >= 4 is 0 Å². The van der Waals surface area contributed by atoms with Gasteiger partial charge in [-0.1, -0.05) is 13.3 Å². The molecule has 0 radical (unpaired) electrons. The first-order valence-corrected chi connectivity index (χ1v) is 6.08. The zero-order chi connectivity index (χ0) is 12.0. The Bertz CT molecular complexity index is 307. The van der Waals surface area contributed by atoms with Crippen LogP contribution < -0.4 is 5.32 Å². The van der Waals surface area contributed by atoms with Gasteiger partial charge in [0.05, 0.1) is 13.1 Å². The monoisotopic (exact) mass is 224 g/mol. The zero-order valence-electron chi connectivity index (χ0n) is 11.0. The average molecular weight is 224 g/mol. The van der Waals surface area contributed by atoms with Crippen molar-refractivity contribution in [1.82, 2.24) is 10.2 Å². The summed E-state index contributed by atoms with van der Waals surface area (Å²) in [6.45, 7) is 7.17. The third kappa shape index (κ3) is 3.99. The molecule has 1 rings (SSSR count). The van der Waals surface area contributed by atoms with Gasteiger partial charge in [0, 0.05) is 0 Å². The maximum atomic E-state index is 5.80. The maximum Gasteiger partial charge on any atom is 0.120 e. The van der Waals surface area contributed by atoms with Gasteiger partial charge < -0.3 is 9.73 Å². The molecule has 0 unspecified atom stereocenters. The van der Waals surface area contributed by atoms with Gasteiger partial charge in [-0.25, -0.2) is 0 Å². The molecule has 0 atom stereocenters. The average Bonchev–Trinajstić information content (AvgIpc) is 2.57. The van der Waals surface area contributed by atoms with Crippen LogP contribution in [-0.2, 0) is 13.1 Å². The smallest absolute Gasteiger partial charge is 0.120 e. The molecule has 92 valence electrons. The fraction of sp³-hybridized carbons (Fsp3) is 0.692. The Kier molecular flexibility index (Phi) is 5.56. The molecule has 16 heavy (non-hydrogen) atoms. The lowest BCUT2D eigenvalue weighted by atomic mass is 10.2. The summed E-state index contributed by atoms with van der Waals surface area (Å²) in [4.78, 5) is 2.31. The number of rotatable bonds is 7. The largest absolute Gasteiger partial charge is 0.463 e. The summed E-state index contributed by atoms with van der Waals surface area (Å²) >= 11 is 0. The highest BCUT2D eigenvalue weighted by molar-refractivity contribution is 5.19. The molecule has 1 heterocycles. The number of hydrogen-bond acceptors (Lipinski definition) is 3. The van der Waals surface area contributed by atoms with E-state index in [1.165, 1.54) is 18.4 Å². The summed E-state index contributed by atoms with van der Waals surface area (Å²) < 4.78 is 5.80. The Morgan fingerprint density at radius 1 is 1.44 bits per heavy atom. The molecular weight excluding hydrogens is 200 g/mol. The van der Waals surface area contributed by atoms with Gasteiger partial charge in [-0.3, -0.25) is 4.90 Å². The van der Waals surface area contributed by atoms with Crippen molar-refractivity contribution in [1.29, 1.82) is 0 Å². The lowest BCUT2D eigenvalue weighted by Crippen LogP contribution is -2.18. The molecule has 0 aliphatic carbocycles. The van der Waals surface area contributed by atoms with Crippen LogP contribution in [-0.4, -0.2) is 25.5 Å². The molecule has 0 saturated carbocycles. The molecule has 1 N–H and O–H groups in total. The van der Waals surface area contributed by atoms with Crippen molar-refractivity contribution in [2.24, 2.45) is 0 Å². The highest BCUT2D eigenvalue weighted by Gasteiger charge is 2.08. The van der Waals surface area contributed by atoms with Crippen LogP contribution in [0.3, 0.4) is 0 Å². The Morgan fingerprint density at radius 2 is 2.19 bits per heavy atom. The molecule has 0 aromatic carbocycles. The maximum absolute atomic E-state index is 5.80. The summed E-state index contributed by atoms with van der Waals surface area (Å²) in [5.41, 5.74) is 1.24. The Morgan fingerprint density at radius 3 is 2.81 bits per heavy atom. The van der Waals surface area contributed by atoms with Gasteiger partial charge >= 0.3 is 0 Å². The van der Waals surface area contributed by atoms with Gasteiger partial charge in [-0.05, 0) is 45.6 Å². The van der Waals surface area contributed by atoms with Crippen molar-refractivity contribution < 1.29 is 4.42 Å². The van der Waals surface area contributed by atoms with Gasteiger partial charge in [0.25, 0.3) is 0 Å². The number of aryl methyl sites for hydroxylation is 1. The molecule has 0 aliphatic heterocycles. The minimum Gasteiger partial charge on any atom is -0.463 e. The van der Waals surface area contributed by atoms with E-state index in [0.29, 0.717) is 0 Å². The molecule has 1 aromatic heterocycles. The Hall–Kier alpha value is -0.800. The molecule has 1 aromatic rings. The Balaban J connectivity index is 2.50. The number of unbranched alkanes of at least 4 members (excludes halogenated alkanes) is 1. The Labute approximate surface area is 98.8 Å². The standard InChI is InChI=1S/C13H24N2O/c1-5-6-7-15(4)10-12-8-11(2)13(16-12)9-14-3/h8,14H,5-7,9-10H2,1-4H3. The van der Waals surface area contributed by atoms with E-state index in [1.54, 1.807) is 0 Å². The van der Waals surface area contributed by atoms with Crippen LogP contribution in [0.25, 0.3) is 0 Å².